The van der Waals surface area contributed by atoms with Gasteiger partial charge in [0.2, 0.25) is 0 Å². The largest absolute Gasteiger partial charge is 0.299 e. The van der Waals surface area contributed by atoms with Gasteiger partial charge in [-0.25, -0.2) is 0 Å². The smallest absolute Gasteiger partial charge is 0.139 e. The second kappa shape index (κ2) is 1.94. The van der Waals surface area contributed by atoms with Gasteiger partial charge in [0.15, 0.2) is 0 Å². The molecule has 2 aliphatic carbocycles. The molecule has 0 bridgehead atoms. The zero-order chi connectivity index (χ0) is 7.14. The summed E-state index contributed by atoms with van der Waals surface area (Å²) in [4.78, 5) is 11.2. The lowest BCUT2D eigenvalue weighted by Gasteiger charge is -2.41. The lowest BCUT2D eigenvalue weighted by atomic mass is 9.61. The average molecular weight is 136 g/mol. The van der Waals surface area contributed by atoms with Gasteiger partial charge >= 0.3 is 0 Å². The number of carbonyl (C=O) groups is 1. The zero-order valence-corrected chi connectivity index (χ0v) is 6.21. The van der Waals surface area contributed by atoms with Crippen LogP contribution in [0.1, 0.15) is 19.8 Å². The van der Waals surface area contributed by atoms with Crippen molar-refractivity contribution in [3.8, 4) is 0 Å². The summed E-state index contributed by atoms with van der Waals surface area (Å²) < 4.78 is 0. The van der Waals surface area contributed by atoms with E-state index >= 15 is 0 Å². The molecule has 3 atom stereocenters. The van der Waals surface area contributed by atoms with Crippen LogP contribution in [-0.2, 0) is 4.79 Å². The van der Waals surface area contributed by atoms with Crippen molar-refractivity contribution in [3.63, 3.8) is 0 Å². The highest BCUT2D eigenvalue weighted by Crippen LogP contribution is 2.42. The van der Waals surface area contributed by atoms with E-state index in [1.54, 1.807) is 0 Å². The van der Waals surface area contributed by atoms with Gasteiger partial charge in [0, 0.05) is 11.8 Å². The molecule has 0 heterocycles. The fraction of sp³-hybridized carbons (Fsp3) is 0.667. The fourth-order valence-corrected chi connectivity index (χ4v) is 2.11. The SMILES string of the molecule is C[C@@H]1C(=O)[C@H]2CCC=C[C@@H]12. The molecule has 0 aromatic rings. The molecule has 1 saturated carbocycles. The topological polar surface area (TPSA) is 17.1 Å². The third-order valence-electron chi connectivity index (χ3n) is 2.86. The molecular formula is C9H12O. The Balaban J connectivity index is 2.18. The fourth-order valence-electron chi connectivity index (χ4n) is 2.11. The highest BCUT2D eigenvalue weighted by atomic mass is 16.1. The van der Waals surface area contributed by atoms with Gasteiger partial charge in [0.25, 0.3) is 0 Å². The van der Waals surface area contributed by atoms with E-state index in [2.05, 4.69) is 12.2 Å². The van der Waals surface area contributed by atoms with Crippen LogP contribution < -0.4 is 0 Å². The molecule has 10 heavy (non-hydrogen) atoms. The van der Waals surface area contributed by atoms with Crippen LogP contribution in [-0.4, -0.2) is 5.78 Å². The van der Waals surface area contributed by atoms with Crippen LogP contribution >= 0.6 is 0 Å². The van der Waals surface area contributed by atoms with Crippen LogP contribution in [0, 0.1) is 17.8 Å². The van der Waals surface area contributed by atoms with Gasteiger partial charge in [-0.3, -0.25) is 4.79 Å². The maximum absolute atomic E-state index is 11.2. The molecule has 0 aromatic heterocycles. The van der Waals surface area contributed by atoms with Crippen LogP contribution in [0.15, 0.2) is 12.2 Å². The minimum Gasteiger partial charge on any atom is -0.299 e. The summed E-state index contributed by atoms with van der Waals surface area (Å²) in [6.45, 7) is 2.04. The molecule has 0 aromatic carbocycles. The number of hydrogen-bond donors (Lipinski definition) is 0. The molecular weight excluding hydrogens is 124 g/mol. The van der Waals surface area contributed by atoms with Crippen molar-refractivity contribution in [2.45, 2.75) is 19.8 Å². The Hall–Kier alpha value is -0.590. The van der Waals surface area contributed by atoms with Gasteiger partial charge in [-0.15, -0.1) is 0 Å². The molecule has 1 fully saturated rings. The molecule has 0 amide bonds. The summed E-state index contributed by atoms with van der Waals surface area (Å²) in [5.41, 5.74) is 0. The van der Waals surface area contributed by atoms with Crippen molar-refractivity contribution in [3.05, 3.63) is 12.2 Å². The number of Topliss-reactive ketones (excluding diaryl/α,β-unsaturated/α-hetero) is 1. The highest BCUT2D eigenvalue weighted by molar-refractivity contribution is 5.90. The molecule has 0 spiro atoms. The minimum atomic E-state index is 0.321. The molecule has 0 unspecified atom stereocenters. The zero-order valence-electron chi connectivity index (χ0n) is 6.21. The molecule has 0 saturated heterocycles. The lowest BCUT2D eigenvalue weighted by Crippen LogP contribution is -2.45. The number of rotatable bonds is 0. The van der Waals surface area contributed by atoms with Crippen molar-refractivity contribution in [1.82, 2.24) is 0 Å². The molecule has 2 aliphatic rings. The van der Waals surface area contributed by atoms with Crippen molar-refractivity contribution >= 4 is 5.78 Å². The Morgan fingerprint density at radius 1 is 1.60 bits per heavy atom. The van der Waals surface area contributed by atoms with E-state index in [9.17, 15) is 4.79 Å². The predicted molar refractivity (Wildman–Crippen MR) is 39.5 cm³/mol. The number of carbonyl (C=O) groups excluding carboxylic acids is 1. The third kappa shape index (κ3) is 0.606. The second-order valence-corrected chi connectivity index (χ2v) is 3.38. The van der Waals surface area contributed by atoms with E-state index in [0.29, 0.717) is 23.5 Å². The monoisotopic (exact) mass is 136 g/mol. The quantitative estimate of drug-likeness (QED) is 0.464. The average Bonchev–Trinajstić information content (AvgIpc) is 2.03. The van der Waals surface area contributed by atoms with E-state index < -0.39 is 0 Å². The van der Waals surface area contributed by atoms with Gasteiger partial charge < -0.3 is 0 Å². The molecule has 2 rings (SSSR count). The first kappa shape index (κ1) is 6.14. The Morgan fingerprint density at radius 2 is 2.40 bits per heavy atom. The number of fused-ring (bicyclic) bond motifs is 1. The van der Waals surface area contributed by atoms with Crippen molar-refractivity contribution in [2.24, 2.45) is 17.8 Å². The van der Waals surface area contributed by atoms with E-state index in [1.165, 1.54) is 0 Å². The van der Waals surface area contributed by atoms with E-state index in [1.807, 2.05) is 6.92 Å². The molecule has 0 aliphatic heterocycles. The maximum Gasteiger partial charge on any atom is 0.139 e. The second-order valence-electron chi connectivity index (χ2n) is 3.38. The van der Waals surface area contributed by atoms with Crippen LogP contribution in [0.25, 0.3) is 0 Å². The first-order valence-electron chi connectivity index (χ1n) is 4.01. The van der Waals surface area contributed by atoms with Crippen molar-refractivity contribution < 1.29 is 4.79 Å². The van der Waals surface area contributed by atoms with Crippen LogP contribution in [0.5, 0.6) is 0 Å². The van der Waals surface area contributed by atoms with Gasteiger partial charge in [0.05, 0.1) is 0 Å². The Labute approximate surface area is 61.1 Å². The third-order valence-corrected chi connectivity index (χ3v) is 2.86. The number of ketones is 1. The van der Waals surface area contributed by atoms with E-state index in [4.69, 9.17) is 0 Å². The summed E-state index contributed by atoms with van der Waals surface area (Å²) in [7, 11) is 0. The van der Waals surface area contributed by atoms with Gasteiger partial charge in [-0.05, 0) is 18.8 Å². The molecule has 1 nitrogen and oxygen atoms in total. The van der Waals surface area contributed by atoms with Gasteiger partial charge in [0.1, 0.15) is 5.78 Å². The molecule has 54 valence electrons. The molecule has 1 heteroatoms. The first-order chi connectivity index (χ1) is 4.80. The summed E-state index contributed by atoms with van der Waals surface area (Å²) in [6.07, 6.45) is 6.65. The minimum absolute atomic E-state index is 0.321. The predicted octanol–water partition coefficient (Wildman–Crippen LogP) is 1.79. The van der Waals surface area contributed by atoms with Crippen LogP contribution in [0.2, 0.25) is 0 Å². The first-order valence-corrected chi connectivity index (χ1v) is 4.01. The lowest BCUT2D eigenvalue weighted by molar-refractivity contribution is -0.139. The standard InChI is InChI=1S/C9H12O/c1-6-7-4-2-3-5-8(7)9(6)10/h2,4,6-8H,3,5H2,1H3/t6-,7-,8-/m0/s1. The van der Waals surface area contributed by atoms with Gasteiger partial charge in [-0.1, -0.05) is 19.1 Å². The summed E-state index contributed by atoms with van der Waals surface area (Å²) >= 11 is 0. The number of hydrogen-bond acceptors (Lipinski definition) is 1. The molecule has 0 N–H and O–H groups in total. The van der Waals surface area contributed by atoms with Crippen molar-refractivity contribution in [2.75, 3.05) is 0 Å². The van der Waals surface area contributed by atoms with Crippen molar-refractivity contribution in [1.29, 1.82) is 0 Å². The maximum atomic E-state index is 11.2. The highest BCUT2D eigenvalue weighted by Gasteiger charge is 2.45. The van der Waals surface area contributed by atoms with Crippen LogP contribution in [0.3, 0.4) is 0 Å². The summed E-state index contributed by atoms with van der Waals surface area (Å²) in [5, 5.41) is 0. The van der Waals surface area contributed by atoms with E-state index in [0.717, 1.165) is 12.8 Å². The normalized spacial score (nSPS) is 44.5. The summed E-state index contributed by atoms with van der Waals surface area (Å²) in [6, 6.07) is 0. The van der Waals surface area contributed by atoms with Crippen LogP contribution in [0.4, 0.5) is 0 Å². The summed E-state index contributed by atoms with van der Waals surface area (Å²) in [5.74, 6) is 1.82. The number of allylic oxidation sites excluding steroid dienone is 2. The Bertz CT molecular complexity index is 193. The Kier molecular flexibility index (Phi) is 1.19. The molecule has 0 radical (unpaired) electrons. The van der Waals surface area contributed by atoms with E-state index in [-0.39, 0.29) is 0 Å². The Morgan fingerprint density at radius 3 is 3.10 bits per heavy atom. The van der Waals surface area contributed by atoms with Gasteiger partial charge in [-0.2, -0.15) is 0 Å².